The summed E-state index contributed by atoms with van der Waals surface area (Å²) in [5.74, 6) is -0.895. The molecule has 1 N–H and O–H groups in total. The van der Waals surface area contributed by atoms with Gasteiger partial charge in [0.2, 0.25) is 5.91 Å². The van der Waals surface area contributed by atoms with Crippen LogP contribution < -0.4 is 5.32 Å². The van der Waals surface area contributed by atoms with Crippen molar-refractivity contribution in [1.29, 1.82) is 0 Å². The van der Waals surface area contributed by atoms with Gasteiger partial charge in [0.15, 0.2) is 0 Å². The van der Waals surface area contributed by atoms with E-state index in [1.165, 1.54) is 45.2 Å². The van der Waals surface area contributed by atoms with Crippen LogP contribution in [0.2, 0.25) is 0 Å². The van der Waals surface area contributed by atoms with Crippen molar-refractivity contribution in [3.63, 3.8) is 0 Å². The summed E-state index contributed by atoms with van der Waals surface area (Å²) >= 11 is 3.11. The minimum atomic E-state index is -0.370. The zero-order valence-electron chi connectivity index (χ0n) is 14.4. The number of fused-ring (bicyclic) bond motifs is 3. The first-order valence-corrected chi connectivity index (χ1v) is 9.86. The third-order valence-corrected chi connectivity index (χ3v) is 6.52. The van der Waals surface area contributed by atoms with E-state index in [2.05, 4.69) is 17.4 Å². The first kappa shape index (κ1) is 17.6. The Kier molecular flexibility index (Phi) is 4.63. The van der Waals surface area contributed by atoms with Crippen LogP contribution in [0.4, 0.5) is 10.1 Å². The number of benzene rings is 2. The van der Waals surface area contributed by atoms with E-state index in [4.69, 9.17) is 0 Å². The Hall–Kier alpha value is -2.77. The molecule has 0 atom stereocenters. The highest BCUT2D eigenvalue weighted by Crippen LogP contribution is 2.39. The standard InChI is InChI=1S/C20H15FN2O2S2/c1-23(11-18(24)22-13-8-6-12(21)7-9-13)20(25)17-10-16-19(27-17)14-4-2-3-5-15(14)26-16/h2-10H,11H2,1H3,(H,22,24). The molecule has 4 rings (SSSR count). The summed E-state index contributed by atoms with van der Waals surface area (Å²) < 4.78 is 16.3. The lowest BCUT2D eigenvalue weighted by molar-refractivity contribution is -0.116. The Bertz CT molecular complexity index is 1150. The van der Waals surface area contributed by atoms with Gasteiger partial charge in [-0.25, -0.2) is 4.39 Å². The molecule has 0 unspecified atom stereocenters. The minimum absolute atomic E-state index is 0.0808. The zero-order chi connectivity index (χ0) is 19.0. The summed E-state index contributed by atoms with van der Waals surface area (Å²) in [5.41, 5.74) is 0.491. The second kappa shape index (κ2) is 7.09. The third-order valence-electron chi connectivity index (χ3n) is 4.12. The first-order chi connectivity index (χ1) is 13.0. The van der Waals surface area contributed by atoms with Crippen molar-refractivity contribution in [1.82, 2.24) is 4.90 Å². The fourth-order valence-electron chi connectivity index (χ4n) is 2.81. The average Bonchev–Trinajstić information content (AvgIpc) is 3.21. The largest absolute Gasteiger partial charge is 0.332 e. The van der Waals surface area contributed by atoms with Gasteiger partial charge in [-0.05, 0) is 36.4 Å². The third kappa shape index (κ3) is 3.56. The Balaban J connectivity index is 1.47. The van der Waals surface area contributed by atoms with Crippen LogP contribution in [-0.2, 0) is 4.79 Å². The second-order valence-corrected chi connectivity index (χ2v) is 8.25. The summed E-state index contributed by atoms with van der Waals surface area (Å²) in [6.07, 6.45) is 0. The number of rotatable bonds is 4. The van der Waals surface area contributed by atoms with Gasteiger partial charge < -0.3 is 10.2 Å². The summed E-state index contributed by atoms with van der Waals surface area (Å²) in [6.45, 7) is -0.0808. The van der Waals surface area contributed by atoms with Gasteiger partial charge in [-0.2, -0.15) is 0 Å². The van der Waals surface area contributed by atoms with Crippen LogP contribution in [-0.4, -0.2) is 30.3 Å². The van der Waals surface area contributed by atoms with Gasteiger partial charge in [0, 0.05) is 27.5 Å². The Morgan fingerprint density at radius 2 is 1.78 bits per heavy atom. The number of thiophene rings is 2. The number of carbonyl (C=O) groups is 2. The normalized spacial score (nSPS) is 11.0. The fourth-order valence-corrected chi connectivity index (χ4v) is 5.33. The lowest BCUT2D eigenvalue weighted by Gasteiger charge is -2.15. The maximum atomic E-state index is 12.9. The molecule has 2 heterocycles. The SMILES string of the molecule is CN(CC(=O)Nc1ccc(F)cc1)C(=O)c1cc2sc3ccccc3c2s1. The molecule has 0 spiro atoms. The van der Waals surface area contributed by atoms with Crippen molar-refractivity contribution >= 4 is 59.7 Å². The first-order valence-electron chi connectivity index (χ1n) is 8.23. The highest BCUT2D eigenvalue weighted by Gasteiger charge is 2.19. The zero-order valence-corrected chi connectivity index (χ0v) is 16.0. The molecule has 2 aromatic heterocycles. The highest BCUT2D eigenvalue weighted by molar-refractivity contribution is 7.33. The number of nitrogens with one attached hydrogen (secondary N) is 1. The quantitative estimate of drug-likeness (QED) is 0.528. The van der Waals surface area contributed by atoms with Gasteiger partial charge in [0.1, 0.15) is 5.82 Å². The molecule has 7 heteroatoms. The molecule has 2 aromatic carbocycles. The Morgan fingerprint density at radius 1 is 1.04 bits per heavy atom. The Morgan fingerprint density at radius 3 is 2.56 bits per heavy atom. The lowest BCUT2D eigenvalue weighted by atomic mass is 10.2. The van der Waals surface area contributed by atoms with Crippen molar-refractivity contribution in [3.8, 4) is 0 Å². The second-order valence-electron chi connectivity index (χ2n) is 6.12. The summed E-state index contributed by atoms with van der Waals surface area (Å²) in [4.78, 5) is 26.8. The number of halogens is 1. The molecule has 0 saturated heterocycles. The molecule has 0 radical (unpaired) electrons. The monoisotopic (exact) mass is 398 g/mol. The van der Waals surface area contributed by atoms with Gasteiger partial charge in [-0.1, -0.05) is 18.2 Å². The average molecular weight is 398 g/mol. The predicted molar refractivity (Wildman–Crippen MR) is 109 cm³/mol. The molecule has 2 amide bonds. The van der Waals surface area contributed by atoms with E-state index in [1.807, 2.05) is 18.2 Å². The number of carbonyl (C=O) groups excluding carboxylic acids is 2. The van der Waals surface area contributed by atoms with Gasteiger partial charge in [-0.15, -0.1) is 22.7 Å². The van der Waals surface area contributed by atoms with Crippen LogP contribution in [0.25, 0.3) is 19.5 Å². The van der Waals surface area contributed by atoms with Crippen LogP contribution in [0, 0.1) is 5.82 Å². The van der Waals surface area contributed by atoms with Crippen LogP contribution in [0.15, 0.2) is 54.6 Å². The van der Waals surface area contributed by atoms with Gasteiger partial charge in [-0.3, -0.25) is 9.59 Å². The van der Waals surface area contributed by atoms with Gasteiger partial charge in [0.05, 0.1) is 16.1 Å². The van der Waals surface area contributed by atoms with Crippen molar-refractivity contribution < 1.29 is 14.0 Å². The molecule has 4 nitrogen and oxygen atoms in total. The van der Waals surface area contributed by atoms with Crippen molar-refractivity contribution in [2.75, 3.05) is 18.9 Å². The summed E-state index contributed by atoms with van der Waals surface area (Å²) in [6, 6.07) is 15.5. The fraction of sp³-hybridized carbons (Fsp3) is 0.100. The highest BCUT2D eigenvalue weighted by atomic mass is 32.1. The van der Waals surface area contributed by atoms with Crippen LogP contribution >= 0.6 is 22.7 Å². The lowest BCUT2D eigenvalue weighted by Crippen LogP contribution is -2.34. The minimum Gasteiger partial charge on any atom is -0.332 e. The molecular weight excluding hydrogens is 383 g/mol. The van der Waals surface area contributed by atoms with Crippen LogP contribution in [0.1, 0.15) is 9.67 Å². The predicted octanol–water partition coefficient (Wildman–Crippen LogP) is 4.97. The number of anilines is 1. The number of hydrogen-bond acceptors (Lipinski definition) is 4. The van der Waals surface area contributed by atoms with Crippen LogP contribution in [0.3, 0.4) is 0 Å². The molecule has 0 fully saturated rings. The van der Waals surface area contributed by atoms with E-state index in [1.54, 1.807) is 18.4 Å². The smallest absolute Gasteiger partial charge is 0.264 e. The topological polar surface area (TPSA) is 49.4 Å². The van der Waals surface area contributed by atoms with E-state index in [0.29, 0.717) is 10.6 Å². The molecular formula is C20H15FN2O2S2. The van der Waals surface area contributed by atoms with Crippen molar-refractivity contribution in [3.05, 3.63) is 65.3 Å². The molecule has 4 aromatic rings. The maximum Gasteiger partial charge on any atom is 0.264 e. The molecule has 0 bridgehead atoms. The number of amides is 2. The van der Waals surface area contributed by atoms with Crippen LogP contribution in [0.5, 0.6) is 0 Å². The molecule has 0 aliphatic heterocycles. The molecule has 0 aliphatic carbocycles. The van der Waals surface area contributed by atoms with Gasteiger partial charge >= 0.3 is 0 Å². The number of hydrogen-bond donors (Lipinski definition) is 1. The molecule has 27 heavy (non-hydrogen) atoms. The maximum absolute atomic E-state index is 12.9. The summed E-state index contributed by atoms with van der Waals surface area (Å²) in [5, 5.41) is 3.81. The van der Waals surface area contributed by atoms with E-state index >= 15 is 0 Å². The summed E-state index contributed by atoms with van der Waals surface area (Å²) in [7, 11) is 1.60. The van der Waals surface area contributed by atoms with Crippen molar-refractivity contribution in [2.24, 2.45) is 0 Å². The molecule has 0 saturated carbocycles. The number of likely N-dealkylation sites (N-methyl/N-ethyl adjacent to an activating group) is 1. The molecule has 136 valence electrons. The molecule has 0 aliphatic rings. The van der Waals surface area contributed by atoms with E-state index in [9.17, 15) is 14.0 Å². The van der Waals surface area contributed by atoms with Gasteiger partial charge in [0.25, 0.3) is 5.91 Å². The van der Waals surface area contributed by atoms with Crippen molar-refractivity contribution in [2.45, 2.75) is 0 Å². The van der Waals surface area contributed by atoms with E-state index in [0.717, 1.165) is 14.8 Å². The van der Waals surface area contributed by atoms with E-state index < -0.39 is 0 Å². The number of nitrogens with zero attached hydrogens (tertiary/aromatic N) is 1. The van der Waals surface area contributed by atoms with E-state index in [-0.39, 0.29) is 24.2 Å². The Labute approximate surface area is 162 Å².